The predicted octanol–water partition coefficient (Wildman–Crippen LogP) is 3.25. The normalized spacial score (nSPS) is 11.9. The van der Waals surface area contributed by atoms with Crippen molar-refractivity contribution in [3.05, 3.63) is 28.8 Å². The second-order valence-electron chi connectivity index (χ2n) is 4.18. The molecule has 0 amide bonds. The standard InChI is InChI=1S/C12H18OS/c1-8-6-10(14-5)7-11(9(8)2)12(3,4)13/h6-7,13H,1-5H3. The molecular weight excluding hydrogens is 192 g/mol. The van der Waals surface area contributed by atoms with Crippen LogP contribution in [0.1, 0.15) is 30.5 Å². The summed E-state index contributed by atoms with van der Waals surface area (Å²) in [5.41, 5.74) is 2.71. The van der Waals surface area contributed by atoms with E-state index in [1.807, 2.05) is 13.8 Å². The molecule has 0 saturated carbocycles. The van der Waals surface area contributed by atoms with Crippen LogP contribution in [-0.2, 0) is 5.60 Å². The van der Waals surface area contributed by atoms with Gasteiger partial charge in [0.1, 0.15) is 0 Å². The van der Waals surface area contributed by atoms with E-state index in [1.165, 1.54) is 16.0 Å². The minimum absolute atomic E-state index is 0.749. The van der Waals surface area contributed by atoms with Crippen molar-refractivity contribution in [2.45, 2.75) is 38.2 Å². The zero-order valence-electron chi connectivity index (χ0n) is 9.51. The fourth-order valence-electron chi connectivity index (χ4n) is 1.58. The molecule has 0 saturated heterocycles. The number of rotatable bonds is 2. The molecule has 0 fully saturated rings. The first-order valence-corrected chi connectivity index (χ1v) is 5.97. The van der Waals surface area contributed by atoms with Gasteiger partial charge in [0.25, 0.3) is 0 Å². The minimum Gasteiger partial charge on any atom is -0.386 e. The van der Waals surface area contributed by atoms with Crippen molar-refractivity contribution in [1.82, 2.24) is 0 Å². The molecular formula is C12H18OS. The first-order chi connectivity index (χ1) is 6.36. The monoisotopic (exact) mass is 210 g/mol. The molecule has 14 heavy (non-hydrogen) atoms. The lowest BCUT2D eigenvalue weighted by Crippen LogP contribution is -2.17. The number of aliphatic hydroxyl groups is 1. The predicted molar refractivity (Wildman–Crippen MR) is 62.9 cm³/mol. The Hall–Kier alpha value is -0.470. The molecule has 0 aliphatic heterocycles. The lowest BCUT2D eigenvalue weighted by atomic mass is 9.91. The Morgan fingerprint density at radius 2 is 1.79 bits per heavy atom. The zero-order valence-corrected chi connectivity index (χ0v) is 10.3. The number of hydrogen-bond acceptors (Lipinski definition) is 2. The van der Waals surface area contributed by atoms with Gasteiger partial charge in [-0.1, -0.05) is 0 Å². The van der Waals surface area contributed by atoms with Gasteiger partial charge in [-0.3, -0.25) is 0 Å². The fraction of sp³-hybridized carbons (Fsp3) is 0.500. The van der Waals surface area contributed by atoms with E-state index in [9.17, 15) is 5.11 Å². The van der Waals surface area contributed by atoms with Crippen molar-refractivity contribution in [1.29, 1.82) is 0 Å². The van der Waals surface area contributed by atoms with Gasteiger partial charge >= 0.3 is 0 Å². The fourth-order valence-corrected chi connectivity index (χ4v) is 2.11. The molecule has 0 bridgehead atoms. The van der Waals surface area contributed by atoms with Gasteiger partial charge < -0.3 is 5.11 Å². The quantitative estimate of drug-likeness (QED) is 0.756. The molecule has 2 heteroatoms. The molecule has 0 atom stereocenters. The average Bonchev–Trinajstić information content (AvgIpc) is 2.07. The summed E-state index contributed by atoms with van der Waals surface area (Å²) in [5.74, 6) is 0. The Kier molecular flexibility index (Phi) is 3.28. The largest absolute Gasteiger partial charge is 0.386 e. The zero-order chi connectivity index (χ0) is 10.9. The Morgan fingerprint density at radius 1 is 1.21 bits per heavy atom. The molecule has 0 aromatic heterocycles. The molecule has 0 heterocycles. The average molecular weight is 210 g/mol. The summed E-state index contributed by atoms with van der Waals surface area (Å²) in [6.45, 7) is 7.81. The lowest BCUT2D eigenvalue weighted by molar-refractivity contribution is 0.0776. The highest BCUT2D eigenvalue weighted by atomic mass is 32.2. The molecule has 1 aromatic carbocycles. The third-order valence-electron chi connectivity index (χ3n) is 2.54. The first kappa shape index (κ1) is 11.6. The van der Waals surface area contributed by atoms with Crippen molar-refractivity contribution in [3.63, 3.8) is 0 Å². The van der Waals surface area contributed by atoms with Crippen LogP contribution < -0.4 is 0 Å². The van der Waals surface area contributed by atoms with E-state index in [2.05, 4.69) is 32.2 Å². The molecule has 0 aliphatic carbocycles. The van der Waals surface area contributed by atoms with Gasteiger partial charge in [-0.2, -0.15) is 0 Å². The number of aryl methyl sites for hydroxylation is 1. The summed E-state index contributed by atoms with van der Waals surface area (Å²) in [4.78, 5) is 1.21. The van der Waals surface area contributed by atoms with E-state index in [0.29, 0.717) is 0 Å². The summed E-state index contributed by atoms with van der Waals surface area (Å²) >= 11 is 1.71. The van der Waals surface area contributed by atoms with Gasteiger partial charge in [0, 0.05) is 4.90 Å². The van der Waals surface area contributed by atoms with Crippen LogP contribution >= 0.6 is 11.8 Å². The first-order valence-electron chi connectivity index (χ1n) is 4.74. The maximum absolute atomic E-state index is 10.0. The summed E-state index contributed by atoms with van der Waals surface area (Å²) in [7, 11) is 0. The van der Waals surface area contributed by atoms with E-state index >= 15 is 0 Å². The number of hydrogen-bond donors (Lipinski definition) is 1. The minimum atomic E-state index is -0.749. The third-order valence-corrected chi connectivity index (χ3v) is 3.24. The molecule has 1 aromatic rings. The Labute approximate surface area is 90.5 Å². The van der Waals surface area contributed by atoms with E-state index in [1.54, 1.807) is 11.8 Å². The van der Waals surface area contributed by atoms with Crippen molar-refractivity contribution < 1.29 is 5.11 Å². The topological polar surface area (TPSA) is 20.2 Å². The summed E-state index contributed by atoms with van der Waals surface area (Å²) in [6, 6.07) is 4.24. The Morgan fingerprint density at radius 3 is 2.21 bits per heavy atom. The van der Waals surface area contributed by atoms with Gasteiger partial charge in [-0.05, 0) is 62.8 Å². The maximum Gasteiger partial charge on any atom is 0.0843 e. The second kappa shape index (κ2) is 3.95. The molecule has 1 nitrogen and oxygen atoms in total. The maximum atomic E-state index is 10.0. The van der Waals surface area contributed by atoms with E-state index in [-0.39, 0.29) is 0 Å². The van der Waals surface area contributed by atoms with Crippen molar-refractivity contribution in [2.24, 2.45) is 0 Å². The SMILES string of the molecule is CSc1cc(C)c(C)c(C(C)(C)O)c1. The van der Waals surface area contributed by atoms with E-state index < -0.39 is 5.60 Å². The highest BCUT2D eigenvalue weighted by molar-refractivity contribution is 7.98. The summed E-state index contributed by atoms with van der Waals surface area (Å²) in [6.07, 6.45) is 2.05. The van der Waals surface area contributed by atoms with Crippen molar-refractivity contribution in [2.75, 3.05) is 6.26 Å². The van der Waals surface area contributed by atoms with Crippen molar-refractivity contribution >= 4 is 11.8 Å². The molecule has 0 radical (unpaired) electrons. The molecule has 1 N–H and O–H groups in total. The van der Waals surface area contributed by atoms with E-state index in [0.717, 1.165) is 5.56 Å². The van der Waals surface area contributed by atoms with Crippen LogP contribution in [-0.4, -0.2) is 11.4 Å². The molecule has 1 rings (SSSR count). The van der Waals surface area contributed by atoms with Gasteiger partial charge in [-0.25, -0.2) is 0 Å². The van der Waals surface area contributed by atoms with Crippen LogP contribution in [0.25, 0.3) is 0 Å². The van der Waals surface area contributed by atoms with Gasteiger partial charge in [0.05, 0.1) is 5.60 Å². The highest BCUT2D eigenvalue weighted by Crippen LogP contribution is 2.29. The molecule has 78 valence electrons. The number of benzene rings is 1. The van der Waals surface area contributed by atoms with Crippen LogP contribution in [0.4, 0.5) is 0 Å². The summed E-state index contributed by atoms with van der Waals surface area (Å²) in [5, 5.41) is 10.0. The van der Waals surface area contributed by atoms with Gasteiger partial charge in [-0.15, -0.1) is 11.8 Å². The molecule has 0 spiro atoms. The van der Waals surface area contributed by atoms with Gasteiger partial charge in [0.15, 0.2) is 0 Å². The summed E-state index contributed by atoms with van der Waals surface area (Å²) < 4.78 is 0. The Balaban J connectivity index is 3.35. The van der Waals surface area contributed by atoms with Crippen LogP contribution in [0.15, 0.2) is 17.0 Å². The number of thioether (sulfide) groups is 1. The third kappa shape index (κ3) is 2.31. The van der Waals surface area contributed by atoms with Crippen LogP contribution in [0.3, 0.4) is 0 Å². The smallest absolute Gasteiger partial charge is 0.0843 e. The van der Waals surface area contributed by atoms with Crippen LogP contribution in [0.2, 0.25) is 0 Å². The lowest BCUT2D eigenvalue weighted by Gasteiger charge is -2.22. The van der Waals surface area contributed by atoms with E-state index in [4.69, 9.17) is 0 Å². The Bertz CT molecular complexity index is 337. The van der Waals surface area contributed by atoms with Gasteiger partial charge in [0.2, 0.25) is 0 Å². The van der Waals surface area contributed by atoms with Crippen LogP contribution in [0, 0.1) is 13.8 Å². The van der Waals surface area contributed by atoms with Crippen LogP contribution in [0.5, 0.6) is 0 Å². The molecule has 0 unspecified atom stereocenters. The molecule has 0 aliphatic rings. The highest BCUT2D eigenvalue weighted by Gasteiger charge is 2.19. The second-order valence-corrected chi connectivity index (χ2v) is 5.06. The van der Waals surface area contributed by atoms with Crippen molar-refractivity contribution in [3.8, 4) is 0 Å².